The van der Waals surface area contributed by atoms with Crippen LogP contribution in [-0.2, 0) is 10.2 Å². The molecule has 0 aliphatic rings. The Kier molecular flexibility index (Phi) is 4.28. The molecular weight excluding hydrogens is 240 g/mol. The molecule has 106 valence electrons. The zero-order valence-electron chi connectivity index (χ0n) is 13.2. The minimum Gasteiger partial charge on any atom is -0.496 e. The van der Waals surface area contributed by atoms with Crippen LogP contribution in [0.5, 0.6) is 11.5 Å². The van der Waals surface area contributed by atoms with Crippen molar-refractivity contribution < 1.29 is 14.3 Å². The molecule has 0 spiro atoms. The highest BCUT2D eigenvalue weighted by molar-refractivity contribution is 5.72. The molecule has 0 aliphatic heterocycles. The van der Waals surface area contributed by atoms with Crippen molar-refractivity contribution in [1.82, 2.24) is 0 Å². The number of methoxy groups -OCH3 is 1. The fourth-order valence-electron chi connectivity index (χ4n) is 2.57. The molecule has 0 N–H and O–H groups in total. The van der Waals surface area contributed by atoms with Gasteiger partial charge in [-0.05, 0) is 42.9 Å². The number of hydrogen-bond donors (Lipinski definition) is 0. The Balaban J connectivity index is 3.74. The molecule has 0 radical (unpaired) electrons. The molecule has 0 heterocycles. The third-order valence-electron chi connectivity index (χ3n) is 3.39. The summed E-state index contributed by atoms with van der Waals surface area (Å²) in [5.41, 5.74) is 3.92. The molecule has 1 aromatic rings. The predicted molar refractivity (Wildman–Crippen MR) is 77.2 cm³/mol. The van der Waals surface area contributed by atoms with Crippen LogP contribution in [-0.4, -0.2) is 13.1 Å². The third-order valence-corrected chi connectivity index (χ3v) is 3.39. The number of esters is 1. The van der Waals surface area contributed by atoms with Crippen LogP contribution in [0.25, 0.3) is 0 Å². The molecule has 0 aliphatic carbocycles. The highest BCUT2D eigenvalue weighted by Crippen LogP contribution is 2.43. The summed E-state index contributed by atoms with van der Waals surface area (Å²) in [5, 5.41) is 0. The lowest BCUT2D eigenvalue weighted by Crippen LogP contribution is -2.19. The summed E-state index contributed by atoms with van der Waals surface area (Å²) >= 11 is 0. The lowest BCUT2D eigenvalue weighted by Gasteiger charge is -2.28. The van der Waals surface area contributed by atoms with E-state index in [1.54, 1.807) is 7.11 Å². The Morgan fingerprint density at radius 1 is 0.947 bits per heavy atom. The van der Waals surface area contributed by atoms with Gasteiger partial charge in [-0.1, -0.05) is 20.8 Å². The summed E-state index contributed by atoms with van der Waals surface area (Å²) in [4.78, 5) is 11.4. The van der Waals surface area contributed by atoms with Crippen molar-refractivity contribution in [1.29, 1.82) is 0 Å². The highest BCUT2D eigenvalue weighted by atomic mass is 16.5. The van der Waals surface area contributed by atoms with Gasteiger partial charge in [0.05, 0.1) is 7.11 Å². The second-order valence-electron chi connectivity index (χ2n) is 5.96. The molecule has 19 heavy (non-hydrogen) atoms. The van der Waals surface area contributed by atoms with Gasteiger partial charge in [0.25, 0.3) is 0 Å². The van der Waals surface area contributed by atoms with Crippen LogP contribution in [0, 0.1) is 20.8 Å². The summed E-state index contributed by atoms with van der Waals surface area (Å²) in [7, 11) is 1.67. The monoisotopic (exact) mass is 264 g/mol. The Labute approximate surface area is 115 Å². The molecule has 0 bridgehead atoms. The first-order valence-corrected chi connectivity index (χ1v) is 6.47. The molecular formula is C16H24O3. The normalized spacial score (nSPS) is 11.4. The van der Waals surface area contributed by atoms with Gasteiger partial charge in [0.15, 0.2) is 0 Å². The number of benzene rings is 1. The van der Waals surface area contributed by atoms with Crippen LogP contribution in [0.3, 0.4) is 0 Å². The lowest BCUT2D eigenvalue weighted by atomic mass is 9.80. The van der Waals surface area contributed by atoms with Crippen molar-refractivity contribution in [3.8, 4) is 11.5 Å². The molecule has 0 fully saturated rings. The largest absolute Gasteiger partial charge is 0.496 e. The van der Waals surface area contributed by atoms with Gasteiger partial charge in [-0.2, -0.15) is 0 Å². The number of rotatable bonds is 2. The molecule has 0 amide bonds. The van der Waals surface area contributed by atoms with Crippen LogP contribution in [0.15, 0.2) is 0 Å². The van der Waals surface area contributed by atoms with Gasteiger partial charge < -0.3 is 9.47 Å². The van der Waals surface area contributed by atoms with Crippen LogP contribution in [0.1, 0.15) is 49.9 Å². The van der Waals surface area contributed by atoms with Crippen LogP contribution in [0.4, 0.5) is 0 Å². The number of hydrogen-bond acceptors (Lipinski definition) is 3. The van der Waals surface area contributed by atoms with Crippen molar-refractivity contribution in [2.24, 2.45) is 0 Å². The Bertz CT molecular complexity index is 508. The van der Waals surface area contributed by atoms with Gasteiger partial charge in [0, 0.05) is 12.5 Å². The Hall–Kier alpha value is -1.51. The second kappa shape index (κ2) is 5.24. The van der Waals surface area contributed by atoms with Crippen LogP contribution < -0.4 is 9.47 Å². The third kappa shape index (κ3) is 2.91. The van der Waals surface area contributed by atoms with Crippen molar-refractivity contribution in [2.75, 3.05) is 7.11 Å². The van der Waals surface area contributed by atoms with Crippen molar-refractivity contribution in [3.63, 3.8) is 0 Å². The predicted octanol–water partition coefficient (Wildman–Crippen LogP) is 3.84. The summed E-state index contributed by atoms with van der Waals surface area (Å²) in [6.07, 6.45) is 0. The van der Waals surface area contributed by atoms with E-state index in [9.17, 15) is 4.79 Å². The Morgan fingerprint density at radius 3 is 1.79 bits per heavy atom. The Morgan fingerprint density at radius 2 is 1.42 bits per heavy atom. The molecule has 1 rings (SSSR count). The van der Waals surface area contributed by atoms with Crippen LogP contribution >= 0.6 is 0 Å². The summed E-state index contributed by atoms with van der Waals surface area (Å²) in [6.45, 7) is 13.7. The van der Waals surface area contributed by atoms with Crippen LogP contribution in [0.2, 0.25) is 0 Å². The lowest BCUT2D eigenvalue weighted by molar-refractivity contribution is -0.132. The first kappa shape index (κ1) is 15.5. The van der Waals surface area contributed by atoms with Gasteiger partial charge in [0.2, 0.25) is 0 Å². The number of carbonyl (C=O) groups excluding carboxylic acids is 1. The molecule has 3 nitrogen and oxygen atoms in total. The number of ether oxygens (including phenoxy) is 2. The highest BCUT2D eigenvalue weighted by Gasteiger charge is 2.28. The number of carbonyl (C=O) groups is 1. The van der Waals surface area contributed by atoms with E-state index >= 15 is 0 Å². The van der Waals surface area contributed by atoms with Gasteiger partial charge in [-0.25, -0.2) is 0 Å². The van der Waals surface area contributed by atoms with Gasteiger partial charge >= 0.3 is 5.97 Å². The van der Waals surface area contributed by atoms with E-state index in [1.807, 2.05) is 20.8 Å². The van der Waals surface area contributed by atoms with E-state index in [0.717, 1.165) is 28.0 Å². The van der Waals surface area contributed by atoms with Crippen molar-refractivity contribution in [3.05, 3.63) is 22.3 Å². The quantitative estimate of drug-likeness (QED) is 0.601. The molecule has 0 unspecified atom stereocenters. The zero-order valence-corrected chi connectivity index (χ0v) is 13.2. The average molecular weight is 264 g/mol. The fraction of sp³-hybridized carbons (Fsp3) is 0.562. The van der Waals surface area contributed by atoms with Gasteiger partial charge in [-0.3, -0.25) is 4.79 Å². The van der Waals surface area contributed by atoms with E-state index in [-0.39, 0.29) is 11.4 Å². The fourth-order valence-corrected chi connectivity index (χ4v) is 2.57. The molecule has 0 aromatic heterocycles. The molecule has 0 saturated carbocycles. The van der Waals surface area contributed by atoms with Crippen molar-refractivity contribution >= 4 is 5.97 Å². The van der Waals surface area contributed by atoms with Gasteiger partial charge in [0.1, 0.15) is 11.5 Å². The molecule has 1 aromatic carbocycles. The van der Waals surface area contributed by atoms with E-state index in [1.165, 1.54) is 6.92 Å². The van der Waals surface area contributed by atoms with E-state index < -0.39 is 0 Å². The van der Waals surface area contributed by atoms with Crippen molar-refractivity contribution in [2.45, 2.75) is 53.9 Å². The first-order valence-electron chi connectivity index (χ1n) is 6.47. The average Bonchev–Trinajstić information content (AvgIpc) is 2.23. The standard InChI is InChI=1S/C16H24O3/c1-9-10(2)15(19-12(4)17)13(16(5,6)7)11(3)14(9)18-8/h1-8H3. The maximum absolute atomic E-state index is 11.4. The smallest absolute Gasteiger partial charge is 0.308 e. The maximum atomic E-state index is 11.4. The summed E-state index contributed by atoms with van der Waals surface area (Å²) in [5.74, 6) is 1.26. The second-order valence-corrected chi connectivity index (χ2v) is 5.96. The van der Waals surface area contributed by atoms with E-state index in [0.29, 0.717) is 5.75 Å². The zero-order chi connectivity index (χ0) is 15.0. The molecule has 0 atom stereocenters. The minimum atomic E-state index is -0.294. The SMILES string of the molecule is COc1c(C)c(C)c(OC(C)=O)c(C(C)(C)C)c1C. The van der Waals surface area contributed by atoms with E-state index in [4.69, 9.17) is 9.47 Å². The molecule has 0 saturated heterocycles. The topological polar surface area (TPSA) is 35.5 Å². The minimum absolute atomic E-state index is 0.124. The maximum Gasteiger partial charge on any atom is 0.308 e. The first-order chi connectivity index (χ1) is 8.61. The summed E-state index contributed by atoms with van der Waals surface area (Å²) < 4.78 is 11.0. The van der Waals surface area contributed by atoms with Gasteiger partial charge in [-0.15, -0.1) is 0 Å². The molecule has 3 heteroatoms. The summed E-state index contributed by atoms with van der Waals surface area (Å²) in [6, 6.07) is 0. The van der Waals surface area contributed by atoms with E-state index in [2.05, 4.69) is 20.8 Å².